The summed E-state index contributed by atoms with van der Waals surface area (Å²) in [5.41, 5.74) is 22.6. The lowest BCUT2D eigenvalue weighted by molar-refractivity contribution is -0.137. The van der Waals surface area contributed by atoms with Gasteiger partial charge in [-0.1, -0.05) is 148 Å². The SMILES string of the molecule is [C-]#[N+]c1cc(-n2c3ccc(-c4cc(C)cc(C)c4)cc3c3cc(-c4cc(C)cc(C)c4)ccc32)c(-n2c3ccc(-c4cc(C)cc(C)c4)cc3c3cc(-c4cc(C)cc(C)c4)ccc32)cc1-c1ccc(C(F)(F)F)cc1C#N. The second kappa shape index (κ2) is 18.7. The van der Waals surface area contributed by atoms with Crippen LogP contribution in [-0.2, 0) is 6.18 Å². The van der Waals surface area contributed by atoms with Gasteiger partial charge in [0.15, 0.2) is 5.69 Å². The van der Waals surface area contributed by atoms with E-state index in [4.69, 9.17) is 6.57 Å². The molecule has 10 aromatic carbocycles. The van der Waals surface area contributed by atoms with Gasteiger partial charge in [0, 0.05) is 21.5 Å². The lowest BCUT2D eigenvalue weighted by atomic mass is 9.95. The first-order valence-electron chi connectivity index (χ1n) is 26.1. The van der Waals surface area contributed by atoms with Crippen LogP contribution in [0.3, 0.4) is 0 Å². The molecule has 0 bridgehead atoms. The maximum atomic E-state index is 14.3. The van der Waals surface area contributed by atoms with Crippen LogP contribution in [-0.4, -0.2) is 9.13 Å². The van der Waals surface area contributed by atoms with Crippen LogP contribution in [0.15, 0.2) is 176 Å². The quantitative estimate of drug-likeness (QED) is 0.147. The van der Waals surface area contributed by atoms with Crippen LogP contribution in [0.25, 0.3) is 115 Å². The maximum absolute atomic E-state index is 14.3. The second-order valence-corrected chi connectivity index (χ2v) is 21.4. The fourth-order valence-corrected chi connectivity index (χ4v) is 12.1. The average Bonchev–Trinajstić information content (AvgIpc) is 4.05. The Morgan fingerprint density at radius 2 is 0.692 bits per heavy atom. The molecule has 0 saturated carbocycles. The van der Waals surface area contributed by atoms with Gasteiger partial charge in [-0.2, -0.15) is 18.4 Å². The molecule has 0 fully saturated rings. The van der Waals surface area contributed by atoms with Crippen molar-refractivity contribution in [2.24, 2.45) is 0 Å². The number of rotatable bonds is 7. The minimum atomic E-state index is -4.68. The maximum Gasteiger partial charge on any atom is 0.416 e. The average molecular weight is 1020 g/mol. The molecule has 0 saturated heterocycles. The fourth-order valence-electron chi connectivity index (χ4n) is 12.1. The second-order valence-electron chi connectivity index (χ2n) is 21.4. The zero-order valence-corrected chi connectivity index (χ0v) is 44.7. The van der Waals surface area contributed by atoms with Crippen LogP contribution in [0.2, 0.25) is 0 Å². The van der Waals surface area contributed by atoms with E-state index in [2.05, 4.69) is 221 Å². The van der Waals surface area contributed by atoms with Crippen molar-refractivity contribution < 1.29 is 13.2 Å². The Hall–Kier alpha value is -9.43. The van der Waals surface area contributed by atoms with E-state index in [0.29, 0.717) is 16.9 Å². The summed E-state index contributed by atoms with van der Waals surface area (Å²) in [6.45, 7) is 25.7. The van der Waals surface area contributed by atoms with Gasteiger partial charge in [-0.25, -0.2) is 4.85 Å². The van der Waals surface area contributed by atoms with E-state index in [1.54, 1.807) is 0 Å². The van der Waals surface area contributed by atoms with Crippen molar-refractivity contribution in [1.29, 1.82) is 5.26 Å². The molecular formula is C71H53F3N4. The molecule has 2 aromatic heterocycles. The van der Waals surface area contributed by atoms with Gasteiger partial charge in [0.1, 0.15) is 0 Å². The molecule has 12 rings (SSSR count). The lowest BCUT2D eigenvalue weighted by Crippen LogP contribution is -2.06. The van der Waals surface area contributed by atoms with E-state index in [1.165, 1.54) is 28.3 Å². The Bertz CT molecular complexity index is 4310. The molecule has 0 N–H and O–H groups in total. The van der Waals surface area contributed by atoms with Gasteiger partial charge in [-0.05, 0) is 184 Å². The smallest absolute Gasteiger partial charge is 0.308 e. The normalized spacial score (nSPS) is 11.8. The highest BCUT2D eigenvalue weighted by Crippen LogP contribution is 2.47. The number of alkyl halides is 3. The van der Waals surface area contributed by atoms with Crippen LogP contribution in [0.5, 0.6) is 0 Å². The molecule has 4 nitrogen and oxygen atoms in total. The number of hydrogen-bond donors (Lipinski definition) is 0. The van der Waals surface area contributed by atoms with Crippen molar-refractivity contribution in [3.05, 3.63) is 243 Å². The molecule has 2 heterocycles. The van der Waals surface area contributed by atoms with E-state index < -0.39 is 11.7 Å². The lowest BCUT2D eigenvalue weighted by Gasteiger charge is -2.20. The van der Waals surface area contributed by atoms with Crippen molar-refractivity contribution in [2.75, 3.05) is 0 Å². The van der Waals surface area contributed by atoms with E-state index >= 15 is 0 Å². The summed E-state index contributed by atoms with van der Waals surface area (Å²) in [4.78, 5) is 4.13. The van der Waals surface area contributed by atoms with E-state index in [0.717, 1.165) is 123 Å². The number of aromatic nitrogens is 2. The molecule has 0 atom stereocenters. The van der Waals surface area contributed by atoms with Gasteiger partial charge < -0.3 is 9.13 Å². The molecule has 0 unspecified atom stereocenters. The third-order valence-electron chi connectivity index (χ3n) is 15.2. The fraction of sp³-hybridized carbons (Fsp3) is 0.127. The molecule has 0 spiro atoms. The van der Waals surface area contributed by atoms with E-state index in [-0.39, 0.29) is 16.8 Å². The van der Waals surface area contributed by atoms with Crippen molar-refractivity contribution in [3.8, 4) is 73.1 Å². The van der Waals surface area contributed by atoms with Crippen LogP contribution >= 0.6 is 0 Å². The monoisotopic (exact) mass is 1020 g/mol. The minimum absolute atomic E-state index is 0.179. The Morgan fingerprint density at radius 1 is 0.372 bits per heavy atom. The first kappa shape index (κ1) is 49.4. The van der Waals surface area contributed by atoms with Gasteiger partial charge >= 0.3 is 6.18 Å². The predicted octanol–water partition coefficient (Wildman–Crippen LogP) is 20.1. The Kier molecular flexibility index (Phi) is 11.8. The summed E-state index contributed by atoms with van der Waals surface area (Å²) in [7, 11) is 0. The Balaban J connectivity index is 1.22. The molecule has 0 amide bonds. The van der Waals surface area contributed by atoms with Gasteiger partial charge in [0.05, 0.1) is 57.2 Å². The molecule has 0 aliphatic rings. The standard InChI is InChI=1S/C71H53F3N4/c1-40-20-41(2)25-52(24-40)48-10-16-65-60(33-48)61-34-49(53-26-42(3)21-43(4)27-53)11-17-66(61)77(65)69-37-59(58-15-14-57(71(72,73)74)32-56(58)39-75)64(76-9)38-70(69)78-67-18-12-50(54-28-44(5)22-45(6)29-54)35-62(67)63-36-51(13-19-68(63)78)55-30-46(7)23-47(8)31-55/h10-38H,1-8H3. The number of benzene rings is 10. The molecule has 7 heteroatoms. The highest BCUT2D eigenvalue weighted by molar-refractivity contribution is 6.14. The number of hydrogen-bond acceptors (Lipinski definition) is 1. The zero-order chi connectivity index (χ0) is 54.5. The van der Waals surface area contributed by atoms with Crippen molar-refractivity contribution in [2.45, 2.75) is 61.6 Å². The number of fused-ring (bicyclic) bond motifs is 6. The van der Waals surface area contributed by atoms with Gasteiger partial charge in [-0.15, -0.1) is 0 Å². The zero-order valence-electron chi connectivity index (χ0n) is 44.7. The molecule has 378 valence electrons. The predicted molar refractivity (Wildman–Crippen MR) is 316 cm³/mol. The number of aryl methyl sites for hydroxylation is 8. The number of nitriles is 1. The highest BCUT2D eigenvalue weighted by Gasteiger charge is 2.32. The first-order valence-corrected chi connectivity index (χ1v) is 26.1. The number of nitrogens with zero attached hydrogens (tertiary/aromatic N) is 4. The third kappa shape index (κ3) is 8.68. The summed E-state index contributed by atoms with van der Waals surface area (Å²) in [5.74, 6) is 0. The summed E-state index contributed by atoms with van der Waals surface area (Å²) in [6.07, 6.45) is -4.68. The molecular weight excluding hydrogens is 966 g/mol. The van der Waals surface area contributed by atoms with E-state index in [1.807, 2.05) is 12.1 Å². The van der Waals surface area contributed by atoms with Crippen LogP contribution in [0.1, 0.15) is 55.6 Å². The van der Waals surface area contributed by atoms with Crippen molar-refractivity contribution in [1.82, 2.24) is 9.13 Å². The van der Waals surface area contributed by atoms with Crippen molar-refractivity contribution in [3.63, 3.8) is 0 Å². The molecule has 0 aliphatic carbocycles. The van der Waals surface area contributed by atoms with Crippen LogP contribution in [0.4, 0.5) is 18.9 Å². The molecule has 12 aromatic rings. The summed E-state index contributed by atoms with van der Waals surface area (Å²) >= 11 is 0. The molecule has 78 heavy (non-hydrogen) atoms. The Morgan fingerprint density at radius 3 is 0.987 bits per heavy atom. The summed E-state index contributed by atoms with van der Waals surface area (Å²) < 4.78 is 47.4. The van der Waals surface area contributed by atoms with Crippen LogP contribution in [0, 0.1) is 73.3 Å². The van der Waals surface area contributed by atoms with Gasteiger partial charge in [-0.3, -0.25) is 0 Å². The van der Waals surface area contributed by atoms with Gasteiger partial charge in [0.25, 0.3) is 0 Å². The summed E-state index contributed by atoms with van der Waals surface area (Å²) in [5, 5.41) is 14.6. The topological polar surface area (TPSA) is 38.0 Å². The van der Waals surface area contributed by atoms with Crippen molar-refractivity contribution >= 4 is 49.3 Å². The largest absolute Gasteiger partial charge is 0.416 e. The number of halogens is 3. The third-order valence-corrected chi connectivity index (χ3v) is 15.2. The highest BCUT2D eigenvalue weighted by atomic mass is 19.4. The van der Waals surface area contributed by atoms with Crippen LogP contribution < -0.4 is 0 Å². The molecule has 0 radical (unpaired) electrons. The molecule has 0 aliphatic heterocycles. The van der Waals surface area contributed by atoms with Gasteiger partial charge in [0.2, 0.25) is 0 Å². The summed E-state index contributed by atoms with van der Waals surface area (Å²) in [6, 6.07) is 61.7. The minimum Gasteiger partial charge on any atom is -0.308 e. The Labute approximate surface area is 452 Å². The van der Waals surface area contributed by atoms with E-state index in [9.17, 15) is 18.4 Å². The first-order chi connectivity index (χ1) is 37.4.